The Bertz CT molecular complexity index is 485. The molecule has 0 N–H and O–H groups in total. The average molecular weight is 273 g/mol. The Labute approximate surface area is 109 Å². The molecule has 104 valence electrons. The largest absolute Gasteiger partial charge is 0.496 e. The SMILES string of the molecule is COc1cccc2c1CCCN(C(=O)C(F)(F)F)C2. The maximum absolute atomic E-state index is 12.5. The van der Waals surface area contributed by atoms with Gasteiger partial charge in [-0.1, -0.05) is 12.1 Å². The van der Waals surface area contributed by atoms with Gasteiger partial charge in [-0.3, -0.25) is 4.79 Å². The summed E-state index contributed by atoms with van der Waals surface area (Å²) in [6.45, 7) is 0.0844. The predicted molar refractivity (Wildman–Crippen MR) is 62.8 cm³/mol. The molecular weight excluding hydrogens is 259 g/mol. The zero-order valence-electron chi connectivity index (χ0n) is 10.5. The molecule has 1 aliphatic heterocycles. The first-order chi connectivity index (χ1) is 8.93. The fourth-order valence-corrected chi connectivity index (χ4v) is 2.32. The summed E-state index contributed by atoms with van der Waals surface area (Å²) in [5.41, 5.74) is 1.61. The number of nitrogens with zero attached hydrogens (tertiary/aromatic N) is 1. The van der Waals surface area contributed by atoms with E-state index in [1.807, 2.05) is 0 Å². The highest BCUT2D eigenvalue weighted by molar-refractivity contribution is 5.82. The van der Waals surface area contributed by atoms with Gasteiger partial charge in [0.25, 0.3) is 0 Å². The molecule has 0 saturated heterocycles. The smallest absolute Gasteiger partial charge is 0.471 e. The van der Waals surface area contributed by atoms with Crippen LogP contribution in [0, 0.1) is 0 Å². The number of alkyl halides is 3. The predicted octanol–water partition coefficient (Wildman–Crippen LogP) is 2.53. The summed E-state index contributed by atoms with van der Waals surface area (Å²) >= 11 is 0. The van der Waals surface area contributed by atoms with E-state index in [4.69, 9.17) is 4.74 Å². The average Bonchev–Trinajstić information content (AvgIpc) is 2.58. The van der Waals surface area contributed by atoms with Gasteiger partial charge >= 0.3 is 12.1 Å². The van der Waals surface area contributed by atoms with Gasteiger partial charge in [-0.15, -0.1) is 0 Å². The lowest BCUT2D eigenvalue weighted by atomic mass is 10.0. The molecule has 0 spiro atoms. The van der Waals surface area contributed by atoms with E-state index in [-0.39, 0.29) is 13.1 Å². The summed E-state index contributed by atoms with van der Waals surface area (Å²) in [7, 11) is 1.53. The van der Waals surface area contributed by atoms with E-state index in [0.29, 0.717) is 18.6 Å². The molecule has 19 heavy (non-hydrogen) atoms. The van der Waals surface area contributed by atoms with Crippen molar-refractivity contribution in [3.05, 3.63) is 29.3 Å². The van der Waals surface area contributed by atoms with Gasteiger partial charge in [-0.05, 0) is 30.0 Å². The van der Waals surface area contributed by atoms with Crippen molar-refractivity contribution in [2.45, 2.75) is 25.6 Å². The zero-order chi connectivity index (χ0) is 14.0. The van der Waals surface area contributed by atoms with Crippen LogP contribution in [0.3, 0.4) is 0 Å². The molecule has 1 aliphatic rings. The number of ether oxygens (including phenoxy) is 1. The first-order valence-electron chi connectivity index (χ1n) is 5.94. The second-order valence-corrected chi connectivity index (χ2v) is 4.43. The van der Waals surface area contributed by atoms with Crippen molar-refractivity contribution in [3.8, 4) is 5.75 Å². The van der Waals surface area contributed by atoms with Crippen LogP contribution in [0.1, 0.15) is 17.5 Å². The van der Waals surface area contributed by atoms with E-state index >= 15 is 0 Å². The number of rotatable bonds is 1. The first-order valence-corrected chi connectivity index (χ1v) is 5.94. The molecule has 1 amide bonds. The van der Waals surface area contributed by atoms with Crippen molar-refractivity contribution in [1.82, 2.24) is 4.90 Å². The summed E-state index contributed by atoms with van der Waals surface area (Å²) < 4.78 is 42.6. The normalized spacial score (nSPS) is 15.7. The molecule has 3 nitrogen and oxygen atoms in total. The van der Waals surface area contributed by atoms with Crippen LogP contribution in [-0.4, -0.2) is 30.6 Å². The highest BCUT2D eigenvalue weighted by atomic mass is 19.4. The van der Waals surface area contributed by atoms with Gasteiger partial charge in [0.1, 0.15) is 5.75 Å². The number of fused-ring (bicyclic) bond motifs is 1. The van der Waals surface area contributed by atoms with Crippen molar-refractivity contribution in [2.24, 2.45) is 0 Å². The topological polar surface area (TPSA) is 29.5 Å². The van der Waals surface area contributed by atoms with Crippen molar-refractivity contribution >= 4 is 5.91 Å². The molecule has 0 fully saturated rings. The van der Waals surface area contributed by atoms with Crippen LogP contribution in [0.5, 0.6) is 5.75 Å². The number of amides is 1. The Balaban J connectivity index is 2.29. The Hall–Kier alpha value is -1.72. The van der Waals surface area contributed by atoms with E-state index < -0.39 is 12.1 Å². The minimum Gasteiger partial charge on any atom is -0.496 e. The Morgan fingerprint density at radius 3 is 2.74 bits per heavy atom. The number of carbonyl (C=O) groups is 1. The van der Waals surface area contributed by atoms with Crippen molar-refractivity contribution < 1.29 is 22.7 Å². The van der Waals surface area contributed by atoms with Gasteiger partial charge in [0.2, 0.25) is 0 Å². The van der Waals surface area contributed by atoms with Gasteiger partial charge in [0.05, 0.1) is 7.11 Å². The standard InChI is InChI=1S/C13H14F3NO2/c1-19-11-6-2-4-9-8-17(7-3-5-10(9)11)12(18)13(14,15)16/h2,4,6H,3,5,7-8H2,1H3. The molecule has 0 saturated carbocycles. The highest BCUT2D eigenvalue weighted by Crippen LogP contribution is 2.29. The molecular formula is C13H14F3NO2. The van der Waals surface area contributed by atoms with Gasteiger partial charge in [0, 0.05) is 13.1 Å². The summed E-state index contributed by atoms with van der Waals surface area (Å²) in [4.78, 5) is 12.2. The monoisotopic (exact) mass is 273 g/mol. The van der Waals surface area contributed by atoms with Crippen molar-refractivity contribution in [1.29, 1.82) is 0 Å². The van der Waals surface area contributed by atoms with E-state index in [2.05, 4.69) is 0 Å². The van der Waals surface area contributed by atoms with Gasteiger partial charge in [-0.25, -0.2) is 0 Å². The molecule has 0 atom stereocenters. The summed E-state index contributed by atoms with van der Waals surface area (Å²) in [6.07, 6.45) is -3.71. The number of halogens is 3. The fraction of sp³-hybridized carbons (Fsp3) is 0.462. The second-order valence-electron chi connectivity index (χ2n) is 4.43. The lowest BCUT2D eigenvalue weighted by Crippen LogP contribution is -2.40. The summed E-state index contributed by atoms with van der Waals surface area (Å²) in [5, 5.41) is 0. The molecule has 0 bridgehead atoms. The second kappa shape index (κ2) is 5.11. The fourth-order valence-electron chi connectivity index (χ4n) is 2.32. The third-order valence-corrected chi connectivity index (χ3v) is 3.20. The summed E-state index contributed by atoms with van der Waals surface area (Å²) in [5.74, 6) is -1.11. The Kier molecular flexibility index (Phi) is 3.68. The molecule has 0 unspecified atom stereocenters. The molecule has 0 aromatic heterocycles. The molecule has 6 heteroatoms. The highest BCUT2D eigenvalue weighted by Gasteiger charge is 2.42. The zero-order valence-corrected chi connectivity index (χ0v) is 10.5. The maximum atomic E-state index is 12.5. The number of carbonyl (C=O) groups excluding carboxylic acids is 1. The molecule has 1 aromatic carbocycles. The van der Waals surface area contributed by atoms with Crippen LogP contribution in [-0.2, 0) is 17.8 Å². The summed E-state index contributed by atoms with van der Waals surface area (Å²) in [6, 6.07) is 5.24. The van der Waals surface area contributed by atoms with E-state index in [1.54, 1.807) is 18.2 Å². The maximum Gasteiger partial charge on any atom is 0.471 e. The lowest BCUT2D eigenvalue weighted by molar-refractivity contribution is -0.186. The molecule has 0 aliphatic carbocycles. The minimum absolute atomic E-state index is 0.0229. The lowest BCUT2D eigenvalue weighted by Gasteiger charge is -2.22. The van der Waals surface area contributed by atoms with Crippen LogP contribution >= 0.6 is 0 Å². The van der Waals surface area contributed by atoms with E-state index in [1.165, 1.54) is 7.11 Å². The first kappa shape index (κ1) is 13.7. The van der Waals surface area contributed by atoms with Gasteiger partial charge in [0.15, 0.2) is 0 Å². The van der Waals surface area contributed by atoms with Crippen LogP contribution in [0.25, 0.3) is 0 Å². The number of benzene rings is 1. The molecule has 1 aromatic rings. The van der Waals surface area contributed by atoms with Crippen molar-refractivity contribution in [3.63, 3.8) is 0 Å². The van der Waals surface area contributed by atoms with Crippen LogP contribution in [0.4, 0.5) is 13.2 Å². The number of hydrogen-bond donors (Lipinski definition) is 0. The Morgan fingerprint density at radius 2 is 2.11 bits per heavy atom. The Morgan fingerprint density at radius 1 is 1.37 bits per heavy atom. The molecule has 1 heterocycles. The third-order valence-electron chi connectivity index (χ3n) is 3.20. The van der Waals surface area contributed by atoms with Crippen LogP contribution < -0.4 is 4.74 Å². The minimum atomic E-state index is -4.82. The van der Waals surface area contributed by atoms with Gasteiger partial charge in [-0.2, -0.15) is 13.2 Å². The third kappa shape index (κ3) is 2.83. The molecule has 2 rings (SSSR count). The number of hydrogen-bond acceptors (Lipinski definition) is 2. The van der Waals surface area contributed by atoms with Gasteiger partial charge < -0.3 is 9.64 Å². The van der Waals surface area contributed by atoms with E-state index in [9.17, 15) is 18.0 Å². The van der Waals surface area contributed by atoms with Crippen LogP contribution in [0.2, 0.25) is 0 Å². The van der Waals surface area contributed by atoms with Crippen LogP contribution in [0.15, 0.2) is 18.2 Å². The van der Waals surface area contributed by atoms with Crippen molar-refractivity contribution in [2.75, 3.05) is 13.7 Å². The number of methoxy groups -OCH3 is 1. The van der Waals surface area contributed by atoms with E-state index in [0.717, 1.165) is 16.0 Å². The quantitative estimate of drug-likeness (QED) is 0.787. The molecule has 0 radical (unpaired) electrons.